The van der Waals surface area contributed by atoms with E-state index >= 15 is 0 Å². The summed E-state index contributed by atoms with van der Waals surface area (Å²) in [6.07, 6.45) is 0.116. The van der Waals surface area contributed by atoms with Crippen LogP contribution in [0.15, 0.2) is 71.6 Å². The molecular weight excluding hydrogens is 472 g/mol. The van der Waals surface area contributed by atoms with Crippen molar-refractivity contribution in [2.75, 3.05) is 6.79 Å². The zero-order chi connectivity index (χ0) is 25.2. The van der Waals surface area contributed by atoms with E-state index < -0.39 is 26.8 Å². The molecule has 1 N–H and O–H groups in total. The summed E-state index contributed by atoms with van der Waals surface area (Å²) in [5.41, 5.74) is 2.06. The Hall–Kier alpha value is -3.92. The number of nitro benzene ring substituents is 1. The second kappa shape index (κ2) is 9.75. The molecule has 4 rings (SSSR count). The first-order valence-corrected chi connectivity index (χ1v) is 12.4. The average molecular weight is 497 g/mol. The predicted molar refractivity (Wildman–Crippen MR) is 128 cm³/mol. The first-order chi connectivity index (χ1) is 16.6. The van der Waals surface area contributed by atoms with Crippen LogP contribution in [-0.2, 0) is 21.2 Å². The summed E-state index contributed by atoms with van der Waals surface area (Å²) in [5, 5.41) is 11.0. The van der Waals surface area contributed by atoms with Gasteiger partial charge in [-0.15, -0.1) is 0 Å². The molecule has 3 aromatic carbocycles. The standard InChI is InChI=1S/C25H24N2O7S/c1-16(2)18-5-10-21(11-6-18)35(31,32)26-25(28)22(13-17-3-8-20(9-4-17)27(29)30)19-7-12-23-24(14-19)34-15-33-23/h3-12,14,16,22H,13,15H2,1-2H3,(H,26,28). The van der Waals surface area contributed by atoms with Crippen LogP contribution in [-0.4, -0.2) is 26.0 Å². The summed E-state index contributed by atoms with van der Waals surface area (Å²) in [7, 11) is -4.12. The molecule has 10 heteroatoms. The number of carbonyl (C=O) groups excluding carboxylic acids is 1. The Labute approximate surface area is 202 Å². The van der Waals surface area contributed by atoms with Crippen molar-refractivity contribution in [3.63, 3.8) is 0 Å². The molecule has 0 aliphatic carbocycles. The van der Waals surface area contributed by atoms with Crippen molar-refractivity contribution in [2.45, 2.75) is 37.0 Å². The van der Waals surface area contributed by atoms with Gasteiger partial charge < -0.3 is 9.47 Å². The normalized spacial score (nSPS) is 13.5. The van der Waals surface area contributed by atoms with E-state index in [1.54, 1.807) is 42.5 Å². The molecule has 0 saturated heterocycles. The smallest absolute Gasteiger partial charge is 0.269 e. The molecule has 1 aliphatic rings. The van der Waals surface area contributed by atoms with E-state index in [0.717, 1.165) is 5.56 Å². The Kier molecular flexibility index (Phi) is 6.74. The van der Waals surface area contributed by atoms with E-state index in [1.165, 1.54) is 24.3 Å². The van der Waals surface area contributed by atoms with Crippen LogP contribution in [0.3, 0.4) is 0 Å². The largest absolute Gasteiger partial charge is 0.454 e. The minimum absolute atomic E-state index is 0.0185. The first-order valence-electron chi connectivity index (χ1n) is 10.9. The second-order valence-electron chi connectivity index (χ2n) is 8.49. The summed E-state index contributed by atoms with van der Waals surface area (Å²) in [6, 6.07) is 17.1. The minimum atomic E-state index is -4.12. The molecule has 0 bridgehead atoms. The topological polar surface area (TPSA) is 125 Å². The van der Waals surface area contributed by atoms with Crippen LogP contribution in [0.2, 0.25) is 0 Å². The van der Waals surface area contributed by atoms with Gasteiger partial charge in [0, 0.05) is 12.1 Å². The van der Waals surface area contributed by atoms with Gasteiger partial charge in [-0.3, -0.25) is 14.9 Å². The van der Waals surface area contributed by atoms with Crippen molar-refractivity contribution < 1.29 is 27.6 Å². The van der Waals surface area contributed by atoms with Crippen molar-refractivity contribution in [1.82, 2.24) is 4.72 Å². The minimum Gasteiger partial charge on any atom is -0.454 e. The molecule has 1 unspecified atom stereocenters. The SMILES string of the molecule is CC(C)c1ccc(S(=O)(=O)NC(=O)C(Cc2ccc([N+](=O)[O-])cc2)c2ccc3c(c2)OCO3)cc1. The number of rotatable bonds is 8. The number of benzene rings is 3. The molecule has 0 aromatic heterocycles. The Morgan fingerprint density at radius 2 is 1.60 bits per heavy atom. The van der Waals surface area contributed by atoms with Gasteiger partial charge >= 0.3 is 0 Å². The maximum atomic E-state index is 13.3. The molecule has 1 aliphatic heterocycles. The van der Waals surface area contributed by atoms with Crippen LogP contribution in [0.4, 0.5) is 5.69 Å². The Balaban J connectivity index is 1.63. The van der Waals surface area contributed by atoms with Crippen molar-refractivity contribution >= 4 is 21.6 Å². The van der Waals surface area contributed by atoms with Crippen molar-refractivity contribution in [3.8, 4) is 11.5 Å². The number of amides is 1. The average Bonchev–Trinajstić information content (AvgIpc) is 3.30. The third kappa shape index (κ3) is 5.43. The van der Waals surface area contributed by atoms with Gasteiger partial charge in [-0.25, -0.2) is 13.1 Å². The fourth-order valence-electron chi connectivity index (χ4n) is 3.78. The molecule has 0 saturated carbocycles. The highest BCUT2D eigenvalue weighted by Crippen LogP contribution is 2.36. The molecule has 0 spiro atoms. The van der Waals surface area contributed by atoms with Gasteiger partial charge in [0.05, 0.1) is 15.7 Å². The van der Waals surface area contributed by atoms with Gasteiger partial charge in [0.15, 0.2) is 11.5 Å². The van der Waals surface area contributed by atoms with Crippen LogP contribution >= 0.6 is 0 Å². The van der Waals surface area contributed by atoms with Crippen LogP contribution < -0.4 is 14.2 Å². The number of nitro groups is 1. The predicted octanol–water partition coefficient (Wildman–Crippen LogP) is 4.28. The molecule has 1 atom stereocenters. The first kappa shape index (κ1) is 24.2. The lowest BCUT2D eigenvalue weighted by Gasteiger charge is -2.18. The second-order valence-corrected chi connectivity index (χ2v) is 10.2. The third-order valence-corrected chi connectivity index (χ3v) is 7.16. The molecule has 3 aromatic rings. The molecule has 0 fully saturated rings. The van der Waals surface area contributed by atoms with Crippen molar-refractivity contribution in [1.29, 1.82) is 0 Å². The number of hydrogen-bond acceptors (Lipinski definition) is 7. The zero-order valence-corrected chi connectivity index (χ0v) is 19.9. The van der Waals surface area contributed by atoms with Crippen LogP contribution in [0.25, 0.3) is 0 Å². The summed E-state index contributed by atoms with van der Waals surface area (Å²) in [4.78, 5) is 23.8. The summed E-state index contributed by atoms with van der Waals surface area (Å²) in [5.74, 6) is -0.415. The Bertz CT molecular complexity index is 1350. The monoisotopic (exact) mass is 496 g/mol. The summed E-state index contributed by atoms with van der Waals surface area (Å²) >= 11 is 0. The van der Waals surface area contributed by atoms with Gasteiger partial charge in [-0.2, -0.15) is 0 Å². The molecule has 1 heterocycles. The number of nitrogens with one attached hydrogen (secondary N) is 1. The van der Waals surface area contributed by atoms with E-state index in [1.807, 2.05) is 13.8 Å². The van der Waals surface area contributed by atoms with Crippen molar-refractivity contribution in [2.24, 2.45) is 0 Å². The van der Waals surface area contributed by atoms with Gasteiger partial charge in [0.1, 0.15) is 0 Å². The fourth-order valence-corrected chi connectivity index (χ4v) is 4.79. The maximum absolute atomic E-state index is 13.3. The van der Waals surface area contributed by atoms with Crippen LogP contribution in [0.5, 0.6) is 11.5 Å². The van der Waals surface area contributed by atoms with Gasteiger partial charge in [0.25, 0.3) is 15.7 Å². The number of ether oxygens (including phenoxy) is 2. The van der Waals surface area contributed by atoms with Crippen LogP contribution in [0.1, 0.15) is 42.4 Å². The number of carbonyl (C=O) groups is 1. The third-order valence-electron chi connectivity index (χ3n) is 5.79. The van der Waals surface area contributed by atoms with Crippen molar-refractivity contribution in [3.05, 3.63) is 93.5 Å². The lowest BCUT2D eigenvalue weighted by molar-refractivity contribution is -0.384. The Morgan fingerprint density at radius 3 is 2.23 bits per heavy atom. The van der Waals surface area contributed by atoms with Gasteiger partial charge in [-0.1, -0.05) is 44.2 Å². The number of fused-ring (bicyclic) bond motifs is 1. The highest BCUT2D eigenvalue weighted by Gasteiger charge is 2.28. The number of hydrogen-bond donors (Lipinski definition) is 1. The number of nitrogens with zero attached hydrogens (tertiary/aromatic N) is 1. The molecule has 182 valence electrons. The fraction of sp³-hybridized carbons (Fsp3) is 0.240. The Morgan fingerprint density at radius 1 is 0.971 bits per heavy atom. The van der Waals surface area contributed by atoms with Gasteiger partial charge in [-0.05, 0) is 53.3 Å². The highest BCUT2D eigenvalue weighted by atomic mass is 32.2. The zero-order valence-electron chi connectivity index (χ0n) is 19.1. The van der Waals surface area contributed by atoms with E-state index in [9.17, 15) is 23.3 Å². The number of sulfonamides is 1. The molecular formula is C25H24N2O7S. The maximum Gasteiger partial charge on any atom is 0.269 e. The van der Waals surface area contributed by atoms with Crippen LogP contribution in [0, 0.1) is 10.1 Å². The van der Waals surface area contributed by atoms with Gasteiger partial charge in [0.2, 0.25) is 12.7 Å². The van der Waals surface area contributed by atoms with E-state index in [0.29, 0.717) is 22.6 Å². The molecule has 0 radical (unpaired) electrons. The lowest BCUT2D eigenvalue weighted by atomic mass is 9.91. The molecule has 9 nitrogen and oxygen atoms in total. The quantitative estimate of drug-likeness (QED) is 0.364. The summed E-state index contributed by atoms with van der Waals surface area (Å²) < 4.78 is 38.9. The molecule has 1 amide bonds. The van der Waals surface area contributed by atoms with E-state index in [2.05, 4.69) is 4.72 Å². The lowest BCUT2D eigenvalue weighted by Crippen LogP contribution is -2.35. The molecule has 35 heavy (non-hydrogen) atoms. The number of non-ortho nitro benzene ring substituents is 1. The highest BCUT2D eigenvalue weighted by molar-refractivity contribution is 7.90. The van der Waals surface area contributed by atoms with E-state index in [-0.39, 0.29) is 29.7 Å². The van der Waals surface area contributed by atoms with E-state index in [4.69, 9.17) is 9.47 Å². The summed E-state index contributed by atoms with van der Waals surface area (Å²) in [6.45, 7) is 4.05.